The van der Waals surface area contributed by atoms with Crippen LogP contribution in [0.3, 0.4) is 0 Å². The highest BCUT2D eigenvalue weighted by atomic mass is 16.3. The Bertz CT molecular complexity index is 932. The zero-order valence-electron chi connectivity index (χ0n) is 13.6. The highest BCUT2D eigenvalue weighted by Gasteiger charge is 2.32. The summed E-state index contributed by atoms with van der Waals surface area (Å²) in [6.07, 6.45) is 0.845. The van der Waals surface area contributed by atoms with Crippen LogP contribution in [0, 0.1) is 0 Å². The van der Waals surface area contributed by atoms with Crippen LogP contribution in [0.1, 0.15) is 29.7 Å². The van der Waals surface area contributed by atoms with Crippen molar-refractivity contribution in [1.29, 1.82) is 0 Å². The third kappa shape index (κ3) is 2.24. The molecule has 1 atom stereocenters. The molecule has 24 heavy (non-hydrogen) atoms. The first-order valence-electron chi connectivity index (χ1n) is 8.22. The van der Waals surface area contributed by atoms with Gasteiger partial charge < -0.3 is 10.0 Å². The lowest BCUT2D eigenvalue weighted by Crippen LogP contribution is -2.39. The average molecular weight is 317 g/mol. The van der Waals surface area contributed by atoms with E-state index in [0.29, 0.717) is 6.54 Å². The molecule has 1 amide bonds. The van der Waals surface area contributed by atoms with E-state index in [4.69, 9.17) is 0 Å². The van der Waals surface area contributed by atoms with Gasteiger partial charge in [0.1, 0.15) is 5.75 Å². The second kappa shape index (κ2) is 5.68. The molecule has 0 aliphatic carbocycles. The SMILES string of the molecule is CC(=O)N1CCc2ccccc2C1c1c(O)ccc2ccccc12. The van der Waals surface area contributed by atoms with Gasteiger partial charge in [-0.2, -0.15) is 0 Å². The smallest absolute Gasteiger partial charge is 0.220 e. The van der Waals surface area contributed by atoms with Crippen LogP contribution in [0.15, 0.2) is 60.7 Å². The molecule has 1 heterocycles. The topological polar surface area (TPSA) is 40.5 Å². The first-order valence-corrected chi connectivity index (χ1v) is 8.22. The lowest BCUT2D eigenvalue weighted by Gasteiger charge is -2.38. The van der Waals surface area contributed by atoms with Gasteiger partial charge in [0, 0.05) is 19.0 Å². The fourth-order valence-corrected chi connectivity index (χ4v) is 3.79. The molecule has 3 aromatic rings. The summed E-state index contributed by atoms with van der Waals surface area (Å²) in [5.74, 6) is 0.267. The Kier molecular flexibility index (Phi) is 3.49. The molecule has 120 valence electrons. The van der Waals surface area contributed by atoms with Crippen molar-refractivity contribution in [2.75, 3.05) is 6.54 Å². The molecule has 0 radical (unpaired) electrons. The fourth-order valence-electron chi connectivity index (χ4n) is 3.79. The molecule has 3 heteroatoms. The van der Waals surface area contributed by atoms with Crippen molar-refractivity contribution >= 4 is 16.7 Å². The quantitative estimate of drug-likeness (QED) is 0.736. The zero-order chi connectivity index (χ0) is 16.7. The number of benzene rings is 3. The van der Waals surface area contributed by atoms with Gasteiger partial charge in [0.05, 0.1) is 6.04 Å². The lowest BCUT2D eigenvalue weighted by molar-refractivity contribution is -0.130. The van der Waals surface area contributed by atoms with Crippen LogP contribution in [-0.4, -0.2) is 22.5 Å². The summed E-state index contributed by atoms with van der Waals surface area (Å²) in [7, 11) is 0. The molecule has 0 aromatic heterocycles. The van der Waals surface area contributed by atoms with E-state index >= 15 is 0 Å². The molecule has 0 fully saturated rings. The van der Waals surface area contributed by atoms with E-state index in [2.05, 4.69) is 12.1 Å². The van der Waals surface area contributed by atoms with Crippen molar-refractivity contribution in [1.82, 2.24) is 4.90 Å². The molecule has 0 bridgehead atoms. The molecule has 3 aromatic carbocycles. The van der Waals surface area contributed by atoms with Crippen LogP contribution >= 0.6 is 0 Å². The van der Waals surface area contributed by atoms with Crippen molar-refractivity contribution in [3.8, 4) is 5.75 Å². The molecule has 0 saturated carbocycles. The van der Waals surface area contributed by atoms with Crippen molar-refractivity contribution in [2.24, 2.45) is 0 Å². The Labute approximate surface area is 141 Å². The van der Waals surface area contributed by atoms with E-state index < -0.39 is 0 Å². The molecular formula is C21H19NO2. The van der Waals surface area contributed by atoms with Crippen molar-refractivity contribution in [2.45, 2.75) is 19.4 Å². The van der Waals surface area contributed by atoms with Gasteiger partial charge in [-0.15, -0.1) is 0 Å². The summed E-state index contributed by atoms with van der Waals surface area (Å²) in [5.41, 5.74) is 3.16. The van der Waals surface area contributed by atoms with Gasteiger partial charge in [-0.05, 0) is 34.4 Å². The summed E-state index contributed by atoms with van der Waals surface area (Å²) < 4.78 is 0. The normalized spacial score (nSPS) is 16.9. The summed E-state index contributed by atoms with van der Waals surface area (Å²) in [5, 5.41) is 12.7. The molecule has 1 N–H and O–H groups in total. The first kappa shape index (κ1) is 14.8. The molecule has 0 spiro atoms. The van der Waals surface area contributed by atoms with Crippen molar-refractivity contribution < 1.29 is 9.90 Å². The number of hydrogen-bond acceptors (Lipinski definition) is 2. The number of phenolic OH excluding ortho intramolecular Hbond substituents is 1. The molecular weight excluding hydrogens is 298 g/mol. The second-order valence-corrected chi connectivity index (χ2v) is 6.28. The Hall–Kier alpha value is -2.81. The Morgan fingerprint density at radius 3 is 2.62 bits per heavy atom. The third-order valence-corrected chi connectivity index (χ3v) is 4.91. The molecule has 3 nitrogen and oxygen atoms in total. The van der Waals surface area contributed by atoms with E-state index in [1.54, 1.807) is 13.0 Å². The highest BCUT2D eigenvalue weighted by Crippen LogP contribution is 2.42. The Balaban J connectivity index is 2.03. The average Bonchev–Trinajstić information content (AvgIpc) is 2.61. The summed E-state index contributed by atoms with van der Waals surface area (Å²) in [4.78, 5) is 14.1. The van der Waals surface area contributed by atoms with Crippen molar-refractivity contribution in [3.05, 3.63) is 77.4 Å². The van der Waals surface area contributed by atoms with Crippen LogP contribution < -0.4 is 0 Å². The van der Waals surface area contributed by atoms with Crippen LogP contribution in [0.5, 0.6) is 5.75 Å². The van der Waals surface area contributed by atoms with Gasteiger partial charge in [0.2, 0.25) is 5.91 Å². The fraction of sp³-hybridized carbons (Fsp3) is 0.190. The van der Waals surface area contributed by atoms with Crippen LogP contribution in [-0.2, 0) is 11.2 Å². The zero-order valence-corrected chi connectivity index (χ0v) is 13.6. The first-order chi connectivity index (χ1) is 11.7. The van der Waals surface area contributed by atoms with Crippen LogP contribution in [0.4, 0.5) is 0 Å². The minimum atomic E-state index is -0.251. The van der Waals surface area contributed by atoms with Gasteiger partial charge in [0.15, 0.2) is 0 Å². The molecule has 1 unspecified atom stereocenters. The maximum absolute atomic E-state index is 12.3. The summed E-state index contributed by atoms with van der Waals surface area (Å²) in [6.45, 7) is 2.27. The molecule has 4 rings (SSSR count). The van der Waals surface area contributed by atoms with Gasteiger partial charge in [-0.3, -0.25) is 4.79 Å². The van der Waals surface area contributed by atoms with Gasteiger partial charge >= 0.3 is 0 Å². The number of nitrogens with zero attached hydrogens (tertiary/aromatic N) is 1. The number of aromatic hydroxyl groups is 1. The monoisotopic (exact) mass is 317 g/mol. The number of carbonyl (C=O) groups is 1. The number of phenols is 1. The van der Waals surface area contributed by atoms with Gasteiger partial charge in [0.25, 0.3) is 0 Å². The maximum Gasteiger partial charge on any atom is 0.220 e. The standard InChI is InChI=1S/C21H19NO2/c1-14(23)22-13-12-16-7-3-5-9-18(16)21(22)20-17-8-4-2-6-15(17)10-11-19(20)24/h2-11,21,24H,12-13H2,1H3. The van der Waals surface area contributed by atoms with E-state index in [1.165, 1.54) is 5.56 Å². The van der Waals surface area contributed by atoms with Gasteiger partial charge in [-0.1, -0.05) is 54.6 Å². The van der Waals surface area contributed by atoms with Gasteiger partial charge in [-0.25, -0.2) is 0 Å². The van der Waals surface area contributed by atoms with E-state index in [0.717, 1.165) is 28.3 Å². The number of hydrogen-bond donors (Lipinski definition) is 1. The molecule has 1 aliphatic heterocycles. The number of fused-ring (bicyclic) bond motifs is 2. The number of amides is 1. The number of carbonyl (C=O) groups excluding carboxylic acids is 1. The second-order valence-electron chi connectivity index (χ2n) is 6.28. The van der Waals surface area contributed by atoms with Crippen molar-refractivity contribution in [3.63, 3.8) is 0 Å². The minimum absolute atomic E-state index is 0.0295. The van der Waals surface area contributed by atoms with Crippen LogP contribution in [0.2, 0.25) is 0 Å². The Morgan fingerprint density at radius 2 is 1.79 bits per heavy atom. The number of rotatable bonds is 1. The molecule has 1 aliphatic rings. The van der Waals surface area contributed by atoms with E-state index in [9.17, 15) is 9.90 Å². The summed E-state index contributed by atoms with van der Waals surface area (Å²) in [6, 6.07) is 19.6. The maximum atomic E-state index is 12.3. The third-order valence-electron chi connectivity index (χ3n) is 4.91. The lowest BCUT2D eigenvalue weighted by atomic mass is 9.85. The predicted molar refractivity (Wildman–Crippen MR) is 95.0 cm³/mol. The predicted octanol–water partition coefficient (Wildman–Crippen LogP) is 4.04. The molecule has 0 saturated heterocycles. The van der Waals surface area contributed by atoms with E-state index in [-0.39, 0.29) is 17.7 Å². The largest absolute Gasteiger partial charge is 0.508 e. The van der Waals surface area contributed by atoms with Crippen LogP contribution in [0.25, 0.3) is 10.8 Å². The Morgan fingerprint density at radius 1 is 1.04 bits per heavy atom. The summed E-state index contributed by atoms with van der Waals surface area (Å²) >= 11 is 0. The van der Waals surface area contributed by atoms with E-state index in [1.807, 2.05) is 47.4 Å². The minimum Gasteiger partial charge on any atom is -0.508 e. The highest BCUT2D eigenvalue weighted by molar-refractivity contribution is 5.89.